The van der Waals surface area contributed by atoms with Crippen LogP contribution in [0.1, 0.15) is 56.2 Å². The monoisotopic (exact) mass is 232 g/mol. The molecule has 0 aliphatic heterocycles. The minimum Gasteiger partial charge on any atom is -0.327 e. The van der Waals surface area contributed by atoms with Crippen molar-refractivity contribution in [2.75, 3.05) is 0 Å². The first-order chi connectivity index (χ1) is 8.15. The molecule has 0 spiro atoms. The summed E-state index contributed by atoms with van der Waals surface area (Å²) in [6.45, 7) is 4.42. The minimum absolute atomic E-state index is 0.167. The van der Waals surface area contributed by atoms with E-state index < -0.39 is 0 Å². The summed E-state index contributed by atoms with van der Waals surface area (Å²) < 4.78 is 0. The van der Waals surface area contributed by atoms with Gasteiger partial charge in [0.2, 0.25) is 0 Å². The average Bonchev–Trinajstić information content (AvgIpc) is 2.49. The number of benzene rings is 1. The first kappa shape index (κ1) is 12.6. The summed E-state index contributed by atoms with van der Waals surface area (Å²) >= 11 is 0. The maximum Gasteiger partial charge on any atom is 0.0323 e. The van der Waals surface area contributed by atoms with Crippen molar-refractivity contribution in [2.45, 2.75) is 51.1 Å². The zero-order valence-corrected chi connectivity index (χ0v) is 10.9. The van der Waals surface area contributed by atoms with Crippen molar-refractivity contribution in [3.05, 3.63) is 35.4 Å². The molecule has 1 aliphatic carbocycles. The third-order valence-corrected chi connectivity index (χ3v) is 4.29. The molecule has 1 aromatic rings. The van der Waals surface area contributed by atoms with E-state index in [0.29, 0.717) is 11.8 Å². The molecule has 0 saturated carbocycles. The van der Waals surface area contributed by atoms with Crippen molar-refractivity contribution in [2.24, 2.45) is 17.4 Å². The Morgan fingerprint density at radius 1 is 1.24 bits per heavy atom. The fraction of sp³-hybridized carbons (Fsp3) is 0.600. The van der Waals surface area contributed by atoms with Crippen LogP contribution < -0.4 is 11.5 Å². The molecule has 0 bridgehead atoms. The van der Waals surface area contributed by atoms with Gasteiger partial charge >= 0.3 is 0 Å². The summed E-state index contributed by atoms with van der Waals surface area (Å²) in [5.41, 5.74) is 15.3. The Morgan fingerprint density at radius 3 is 2.53 bits per heavy atom. The van der Waals surface area contributed by atoms with Crippen LogP contribution in [0.3, 0.4) is 0 Å². The van der Waals surface area contributed by atoms with Gasteiger partial charge in [0.05, 0.1) is 0 Å². The third-order valence-electron chi connectivity index (χ3n) is 4.29. The Kier molecular flexibility index (Phi) is 3.85. The van der Waals surface area contributed by atoms with E-state index in [1.165, 1.54) is 24.0 Å². The van der Waals surface area contributed by atoms with Gasteiger partial charge in [-0.25, -0.2) is 0 Å². The Balaban J connectivity index is 2.42. The molecule has 4 atom stereocenters. The highest BCUT2D eigenvalue weighted by atomic mass is 14.7. The van der Waals surface area contributed by atoms with Gasteiger partial charge in [-0.05, 0) is 42.2 Å². The molecule has 0 amide bonds. The second kappa shape index (κ2) is 5.19. The van der Waals surface area contributed by atoms with Crippen LogP contribution in [0.2, 0.25) is 0 Å². The summed E-state index contributed by atoms with van der Waals surface area (Å²) in [6, 6.07) is 9.01. The van der Waals surface area contributed by atoms with Crippen LogP contribution >= 0.6 is 0 Å². The van der Waals surface area contributed by atoms with Crippen LogP contribution in [-0.4, -0.2) is 6.04 Å². The summed E-state index contributed by atoms with van der Waals surface area (Å²) in [5.74, 6) is 1.03. The highest BCUT2D eigenvalue weighted by Gasteiger charge is 2.29. The van der Waals surface area contributed by atoms with Gasteiger partial charge in [-0.3, -0.25) is 0 Å². The van der Waals surface area contributed by atoms with Gasteiger partial charge in [-0.2, -0.15) is 0 Å². The van der Waals surface area contributed by atoms with Crippen molar-refractivity contribution < 1.29 is 0 Å². The number of hydrogen-bond donors (Lipinski definition) is 2. The first-order valence-corrected chi connectivity index (χ1v) is 6.75. The summed E-state index contributed by atoms with van der Waals surface area (Å²) in [6.07, 6.45) is 3.37. The molecule has 0 aromatic heterocycles. The Bertz CT molecular complexity index is 375. The molecule has 94 valence electrons. The predicted molar refractivity (Wildman–Crippen MR) is 72.8 cm³/mol. The van der Waals surface area contributed by atoms with Crippen LogP contribution in [0.5, 0.6) is 0 Å². The topological polar surface area (TPSA) is 52.0 Å². The minimum atomic E-state index is 0.167. The molecule has 17 heavy (non-hydrogen) atoms. The number of rotatable bonds is 2. The highest BCUT2D eigenvalue weighted by molar-refractivity contribution is 5.35. The standard InChI is InChI=1S/C15H24N2/c1-3-14(16)12-9-8-10(2)15(17)13-7-5-4-6-11(12)13/h4-7,10,12,14-15H,3,8-9,16-17H2,1-2H3/t10?,12?,14-,15?/m1/s1. The van der Waals surface area contributed by atoms with Gasteiger partial charge in [0, 0.05) is 12.1 Å². The molecule has 1 aliphatic rings. The maximum absolute atomic E-state index is 6.35. The smallest absolute Gasteiger partial charge is 0.0323 e. The summed E-state index contributed by atoms with van der Waals surface area (Å²) in [5, 5.41) is 0. The van der Waals surface area contributed by atoms with E-state index in [2.05, 4.69) is 38.1 Å². The van der Waals surface area contributed by atoms with Gasteiger partial charge in [0.25, 0.3) is 0 Å². The molecule has 2 rings (SSSR count). The lowest BCUT2D eigenvalue weighted by Gasteiger charge is -2.24. The van der Waals surface area contributed by atoms with Crippen LogP contribution in [0.15, 0.2) is 24.3 Å². The SMILES string of the molecule is CC[C@@H](N)C1CCC(C)C(N)c2ccccc21. The summed E-state index contributed by atoms with van der Waals surface area (Å²) in [4.78, 5) is 0. The molecule has 2 nitrogen and oxygen atoms in total. The number of fused-ring (bicyclic) bond motifs is 1. The van der Waals surface area contributed by atoms with Crippen molar-refractivity contribution in [1.82, 2.24) is 0 Å². The van der Waals surface area contributed by atoms with E-state index in [4.69, 9.17) is 11.5 Å². The van der Waals surface area contributed by atoms with Crippen LogP contribution in [0.4, 0.5) is 0 Å². The van der Waals surface area contributed by atoms with E-state index in [1.54, 1.807) is 0 Å². The molecule has 0 radical (unpaired) electrons. The van der Waals surface area contributed by atoms with E-state index in [0.717, 1.165) is 6.42 Å². The fourth-order valence-corrected chi connectivity index (χ4v) is 2.97. The molecular formula is C15H24N2. The lowest BCUT2D eigenvalue weighted by atomic mass is 9.85. The Morgan fingerprint density at radius 2 is 1.88 bits per heavy atom. The van der Waals surface area contributed by atoms with Gasteiger partial charge in [-0.1, -0.05) is 38.1 Å². The van der Waals surface area contributed by atoms with Crippen molar-refractivity contribution >= 4 is 0 Å². The predicted octanol–water partition coefficient (Wildman–Crippen LogP) is 2.94. The molecule has 2 heteroatoms. The maximum atomic E-state index is 6.35. The van der Waals surface area contributed by atoms with E-state index in [1.807, 2.05) is 0 Å². The first-order valence-electron chi connectivity index (χ1n) is 6.75. The molecule has 4 N–H and O–H groups in total. The number of hydrogen-bond acceptors (Lipinski definition) is 2. The van der Waals surface area contributed by atoms with Crippen LogP contribution in [-0.2, 0) is 0 Å². The highest BCUT2D eigenvalue weighted by Crippen LogP contribution is 2.39. The largest absolute Gasteiger partial charge is 0.327 e. The van der Waals surface area contributed by atoms with Crippen LogP contribution in [0, 0.1) is 5.92 Å². The van der Waals surface area contributed by atoms with Crippen molar-refractivity contribution in [3.63, 3.8) is 0 Å². The van der Waals surface area contributed by atoms with Gasteiger partial charge in [0.15, 0.2) is 0 Å². The van der Waals surface area contributed by atoms with Gasteiger partial charge < -0.3 is 11.5 Å². The second-order valence-electron chi connectivity index (χ2n) is 5.39. The average molecular weight is 232 g/mol. The molecule has 0 saturated heterocycles. The lowest BCUT2D eigenvalue weighted by molar-refractivity contribution is 0.407. The van der Waals surface area contributed by atoms with E-state index in [9.17, 15) is 0 Å². The van der Waals surface area contributed by atoms with E-state index >= 15 is 0 Å². The third kappa shape index (κ3) is 2.38. The molecule has 0 fully saturated rings. The molecule has 0 heterocycles. The summed E-state index contributed by atoms with van der Waals surface area (Å²) in [7, 11) is 0. The normalized spacial score (nSPS) is 30.5. The molecule has 1 aromatic carbocycles. The Labute approximate surface area is 104 Å². The van der Waals surface area contributed by atoms with Crippen LogP contribution in [0.25, 0.3) is 0 Å². The fourth-order valence-electron chi connectivity index (χ4n) is 2.97. The molecule has 3 unspecified atom stereocenters. The van der Waals surface area contributed by atoms with Crippen molar-refractivity contribution in [3.8, 4) is 0 Å². The second-order valence-corrected chi connectivity index (χ2v) is 5.39. The zero-order valence-electron chi connectivity index (χ0n) is 10.9. The lowest BCUT2D eigenvalue weighted by Crippen LogP contribution is -2.28. The molecular weight excluding hydrogens is 208 g/mol. The van der Waals surface area contributed by atoms with Gasteiger partial charge in [-0.15, -0.1) is 0 Å². The quantitative estimate of drug-likeness (QED) is 0.770. The number of nitrogens with two attached hydrogens (primary N) is 2. The van der Waals surface area contributed by atoms with Gasteiger partial charge in [0.1, 0.15) is 0 Å². The Hall–Kier alpha value is -0.860. The zero-order chi connectivity index (χ0) is 12.4. The van der Waals surface area contributed by atoms with Crippen molar-refractivity contribution in [1.29, 1.82) is 0 Å². The van der Waals surface area contributed by atoms with E-state index in [-0.39, 0.29) is 12.1 Å².